The van der Waals surface area contributed by atoms with E-state index in [-0.39, 0.29) is 24.2 Å². The van der Waals surface area contributed by atoms with E-state index < -0.39 is 0 Å². The number of halogens is 1. The second-order valence-corrected chi connectivity index (χ2v) is 7.29. The van der Waals surface area contributed by atoms with E-state index in [9.17, 15) is 9.59 Å². The number of methoxy groups -OCH3 is 1. The van der Waals surface area contributed by atoms with Gasteiger partial charge in [0.2, 0.25) is 0 Å². The number of aryl methyl sites for hydroxylation is 1. The lowest BCUT2D eigenvalue weighted by Gasteiger charge is -2.25. The predicted molar refractivity (Wildman–Crippen MR) is 107 cm³/mol. The summed E-state index contributed by atoms with van der Waals surface area (Å²) >= 11 is 6.22. The van der Waals surface area contributed by atoms with E-state index in [1.54, 1.807) is 29.2 Å². The van der Waals surface area contributed by atoms with Crippen LogP contribution in [0.5, 0.6) is 0 Å². The van der Waals surface area contributed by atoms with Crippen molar-refractivity contribution in [3.63, 3.8) is 0 Å². The molecular weight excluding hydrogens is 364 g/mol. The molecule has 6 heteroatoms. The molecule has 0 bridgehead atoms. The van der Waals surface area contributed by atoms with Gasteiger partial charge in [-0.1, -0.05) is 11.6 Å². The highest BCUT2D eigenvalue weighted by molar-refractivity contribution is 6.30. The zero-order valence-electron chi connectivity index (χ0n) is 15.5. The Kier molecular flexibility index (Phi) is 5.71. The van der Waals surface area contributed by atoms with Gasteiger partial charge in [0.15, 0.2) is 0 Å². The summed E-state index contributed by atoms with van der Waals surface area (Å²) in [6.45, 7) is 2.46. The van der Waals surface area contributed by atoms with Crippen molar-refractivity contribution in [2.24, 2.45) is 0 Å². The number of nitrogen functional groups attached to an aromatic ring is 1. The number of nitrogens with two attached hydrogens (primary N) is 1. The summed E-state index contributed by atoms with van der Waals surface area (Å²) < 4.78 is 4.85. The lowest BCUT2D eigenvalue weighted by atomic mass is 9.91. The van der Waals surface area contributed by atoms with Crippen LogP contribution in [-0.4, -0.2) is 25.5 Å². The SMILES string of the molecule is COC(=O)CC1CCCN(C(=O)c2ccc(N)cc2C)c2ccc(Cl)cc21. The highest BCUT2D eigenvalue weighted by Crippen LogP contribution is 2.39. The van der Waals surface area contributed by atoms with Crippen molar-refractivity contribution in [2.45, 2.75) is 32.1 Å². The fourth-order valence-electron chi connectivity index (χ4n) is 3.65. The van der Waals surface area contributed by atoms with Crippen LogP contribution in [0.3, 0.4) is 0 Å². The zero-order valence-corrected chi connectivity index (χ0v) is 16.3. The number of rotatable bonds is 3. The van der Waals surface area contributed by atoms with Crippen LogP contribution >= 0.6 is 11.6 Å². The Balaban J connectivity index is 2.02. The van der Waals surface area contributed by atoms with Crippen LogP contribution in [-0.2, 0) is 9.53 Å². The van der Waals surface area contributed by atoms with Crippen LogP contribution < -0.4 is 10.6 Å². The number of benzene rings is 2. The molecule has 5 nitrogen and oxygen atoms in total. The van der Waals surface area contributed by atoms with Crippen LogP contribution in [0.15, 0.2) is 36.4 Å². The Bertz CT molecular complexity index is 882. The molecule has 142 valence electrons. The molecule has 0 aromatic heterocycles. The summed E-state index contributed by atoms with van der Waals surface area (Å²) in [4.78, 5) is 26.9. The minimum absolute atomic E-state index is 0.0311. The molecule has 1 aliphatic rings. The molecule has 2 aromatic carbocycles. The first kappa shape index (κ1) is 19.2. The maximum Gasteiger partial charge on any atom is 0.306 e. The molecule has 0 aliphatic carbocycles. The van der Waals surface area contributed by atoms with Crippen molar-refractivity contribution >= 4 is 34.9 Å². The molecule has 0 saturated heterocycles. The van der Waals surface area contributed by atoms with Crippen molar-refractivity contribution in [3.05, 3.63) is 58.1 Å². The molecular formula is C21H23ClN2O3. The molecule has 0 fully saturated rings. The van der Waals surface area contributed by atoms with E-state index in [0.717, 1.165) is 29.7 Å². The minimum Gasteiger partial charge on any atom is -0.469 e. The first-order valence-electron chi connectivity index (χ1n) is 8.95. The molecule has 1 unspecified atom stereocenters. The number of ether oxygens (including phenoxy) is 1. The number of hydrogen-bond donors (Lipinski definition) is 1. The lowest BCUT2D eigenvalue weighted by molar-refractivity contribution is -0.141. The smallest absolute Gasteiger partial charge is 0.306 e. The summed E-state index contributed by atoms with van der Waals surface area (Å²) in [6, 6.07) is 10.8. The topological polar surface area (TPSA) is 72.6 Å². The van der Waals surface area contributed by atoms with Crippen LogP contribution in [0.4, 0.5) is 11.4 Å². The third-order valence-corrected chi connectivity index (χ3v) is 5.26. The summed E-state index contributed by atoms with van der Waals surface area (Å²) in [5.74, 6) is -0.369. The van der Waals surface area contributed by atoms with Crippen molar-refractivity contribution in [3.8, 4) is 0 Å². The highest BCUT2D eigenvalue weighted by atomic mass is 35.5. The highest BCUT2D eigenvalue weighted by Gasteiger charge is 2.29. The van der Waals surface area contributed by atoms with Crippen LogP contribution in [0.1, 0.15) is 46.7 Å². The fraction of sp³-hybridized carbons (Fsp3) is 0.333. The van der Waals surface area contributed by atoms with Crippen LogP contribution in [0.25, 0.3) is 0 Å². The fourth-order valence-corrected chi connectivity index (χ4v) is 3.83. The van der Waals surface area contributed by atoms with E-state index in [1.165, 1.54) is 7.11 Å². The number of fused-ring (bicyclic) bond motifs is 1. The minimum atomic E-state index is -0.264. The third-order valence-electron chi connectivity index (χ3n) is 5.02. The Morgan fingerprint density at radius 1 is 1.26 bits per heavy atom. The zero-order chi connectivity index (χ0) is 19.6. The molecule has 0 spiro atoms. The van der Waals surface area contributed by atoms with Gasteiger partial charge in [0, 0.05) is 28.5 Å². The van der Waals surface area contributed by atoms with Gasteiger partial charge in [0.05, 0.1) is 13.5 Å². The molecule has 0 saturated carbocycles. The van der Waals surface area contributed by atoms with Gasteiger partial charge < -0.3 is 15.4 Å². The van der Waals surface area contributed by atoms with Gasteiger partial charge >= 0.3 is 5.97 Å². The number of nitrogens with zero attached hydrogens (tertiary/aromatic N) is 1. The summed E-state index contributed by atoms with van der Waals surface area (Å²) in [5, 5.41) is 0.585. The number of anilines is 2. The van der Waals surface area contributed by atoms with Gasteiger partial charge in [-0.05, 0) is 73.2 Å². The monoisotopic (exact) mass is 386 g/mol. The summed E-state index contributed by atoms with van der Waals surface area (Å²) in [7, 11) is 1.39. The van der Waals surface area contributed by atoms with Gasteiger partial charge in [-0.3, -0.25) is 9.59 Å². The van der Waals surface area contributed by atoms with Crippen molar-refractivity contribution < 1.29 is 14.3 Å². The van der Waals surface area contributed by atoms with Crippen molar-refractivity contribution in [2.75, 3.05) is 24.3 Å². The largest absolute Gasteiger partial charge is 0.469 e. The second-order valence-electron chi connectivity index (χ2n) is 6.85. The molecule has 3 rings (SSSR count). The van der Waals surface area contributed by atoms with Gasteiger partial charge in [-0.2, -0.15) is 0 Å². The molecule has 1 heterocycles. The average Bonchev–Trinajstić information content (AvgIpc) is 2.80. The first-order valence-corrected chi connectivity index (χ1v) is 9.32. The first-order chi connectivity index (χ1) is 12.9. The molecule has 27 heavy (non-hydrogen) atoms. The maximum absolute atomic E-state index is 13.3. The molecule has 2 N–H and O–H groups in total. The number of carbonyl (C=O) groups is 2. The Labute approximate surface area is 164 Å². The van der Waals surface area contributed by atoms with Gasteiger partial charge in [0.1, 0.15) is 0 Å². The number of carbonyl (C=O) groups excluding carboxylic acids is 2. The third kappa shape index (κ3) is 4.08. The molecule has 1 aliphatic heterocycles. The van der Waals surface area contributed by atoms with Gasteiger partial charge in [0.25, 0.3) is 5.91 Å². The Morgan fingerprint density at radius 3 is 2.74 bits per heavy atom. The normalized spacial score (nSPS) is 16.4. The number of hydrogen-bond acceptors (Lipinski definition) is 4. The molecule has 1 atom stereocenters. The lowest BCUT2D eigenvalue weighted by Crippen LogP contribution is -2.32. The summed E-state index contributed by atoms with van der Waals surface area (Å²) in [6.07, 6.45) is 1.84. The van der Waals surface area contributed by atoms with E-state index in [4.69, 9.17) is 22.1 Å². The van der Waals surface area contributed by atoms with E-state index in [0.29, 0.717) is 22.8 Å². The number of esters is 1. The van der Waals surface area contributed by atoms with E-state index in [2.05, 4.69) is 0 Å². The Hall–Kier alpha value is -2.53. The average molecular weight is 387 g/mol. The standard InChI is InChI=1S/C21H23ClN2O3/c1-13-10-16(23)6-7-17(13)21(26)24-9-3-4-14(11-20(25)27-2)18-12-15(22)5-8-19(18)24/h5-8,10,12,14H,3-4,9,11,23H2,1-2H3. The maximum atomic E-state index is 13.3. The Morgan fingerprint density at radius 2 is 2.04 bits per heavy atom. The van der Waals surface area contributed by atoms with Crippen LogP contribution in [0.2, 0.25) is 5.02 Å². The van der Waals surface area contributed by atoms with Gasteiger partial charge in [-0.15, -0.1) is 0 Å². The molecule has 2 aromatic rings. The van der Waals surface area contributed by atoms with Crippen molar-refractivity contribution in [1.29, 1.82) is 0 Å². The van der Waals surface area contributed by atoms with E-state index >= 15 is 0 Å². The van der Waals surface area contributed by atoms with Crippen molar-refractivity contribution in [1.82, 2.24) is 0 Å². The second kappa shape index (κ2) is 8.01. The van der Waals surface area contributed by atoms with Crippen LogP contribution in [0, 0.1) is 6.92 Å². The quantitative estimate of drug-likeness (QED) is 0.629. The summed E-state index contributed by atoms with van der Waals surface area (Å²) in [5.41, 5.74) is 9.62. The van der Waals surface area contributed by atoms with Gasteiger partial charge in [-0.25, -0.2) is 0 Å². The van der Waals surface area contributed by atoms with E-state index in [1.807, 2.05) is 19.1 Å². The number of amides is 1. The molecule has 1 amide bonds. The molecule has 0 radical (unpaired) electrons. The predicted octanol–water partition coefficient (Wildman–Crippen LogP) is 4.32.